The highest BCUT2D eigenvalue weighted by Gasteiger charge is 2.40. The van der Waals surface area contributed by atoms with Crippen LogP contribution in [0, 0.1) is 0 Å². The zero-order valence-corrected chi connectivity index (χ0v) is 21.9. The molecule has 198 valence electrons. The lowest BCUT2D eigenvalue weighted by Gasteiger charge is -2.45. The Hall–Kier alpha value is -3.69. The average molecular weight is 514 g/mol. The summed E-state index contributed by atoms with van der Waals surface area (Å²) in [6.07, 6.45) is 5.53. The van der Waals surface area contributed by atoms with Crippen molar-refractivity contribution in [2.75, 3.05) is 48.8 Å². The first kappa shape index (κ1) is 24.6. The van der Waals surface area contributed by atoms with Crippen LogP contribution in [0.1, 0.15) is 31.2 Å². The molecule has 0 spiro atoms. The Balaban J connectivity index is 1.21. The van der Waals surface area contributed by atoms with Crippen LogP contribution in [-0.2, 0) is 6.54 Å². The van der Waals surface area contributed by atoms with E-state index in [4.69, 9.17) is 10.5 Å². The van der Waals surface area contributed by atoms with E-state index in [1.807, 2.05) is 59.5 Å². The number of piperazine rings is 1. The fourth-order valence-corrected chi connectivity index (χ4v) is 5.94. The first-order chi connectivity index (χ1) is 18.6. The SMILES string of the molecule is CN1CCN(C2CCC(N3C(=O)N(c4ccc(Oc5ccccc5)cc4)Cc4c(N)ncnc43)CC2)CC1. The maximum atomic E-state index is 14.0. The van der Waals surface area contributed by atoms with E-state index in [1.54, 1.807) is 4.90 Å². The zero-order chi connectivity index (χ0) is 26.1. The van der Waals surface area contributed by atoms with Crippen LogP contribution < -0.4 is 20.3 Å². The van der Waals surface area contributed by atoms with Gasteiger partial charge in [-0.25, -0.2) is 14.8 Å². The molecule has 2 aliphatic heterocycles. The normalized spacial score (nSPS) is 22.8. The van der Waals surface area contributed by atoms with Gasteiger partial charge in [-0.1, -0.05) is 18.2 Å². The highest BCUT2D eigenvalue weighted by Crippen LogP contribution is 2.38. The van der Waals surface area contributed by atoms with Crippen molar-refractivity contribution in [2.45, 2.75) is 44.3 Å². The minimum absolute atomic E-state index is 0.0598. The van der Waals surface area contributed by atoms with Crippen molar-refractivity contribution in [1.29, 1.82) is 0 Å². The molecule has 1 aromatic heterocycles. The fraction of sp³-hybridized carbons (Fsp3) is 0.414. The first-order valence-corrected chi connectivity index (χ1v) is 13.5. The fourth-order valence-electron chi connectivity index (χ4n) is 5.94. The van der Waals surface area contributed by atoms with Gasteiger partial charge in [0.15, 0.2) is 0 Å². The number of aromatic nitrogens is 2. The number of likely N-dealkylation sites (N-methyl/N-ethyl adjacent to an activating group) is 1. The summed E-state index contributed by atoms with van der Waals surface area (Å²) in [5, 5.41) is 0. The van der Waals surface area contributed by atoms with Gasteiger partial charge in [0.1, 0.15) is 29.5 Å². The summed E-state index contributed by atoms with van der Waals surface area (Å²) in [5.74, 6) is 2.57. The van der Waals surface area contributed by atoms with Gasteiger partial charge in [0, 0.05) is 44.0 Å². The number of nitrogens with zero attached hydrogens (tertiary/aromatic N) is 6. The summed E-state index contributed by atoms with van der Waals surface area (Å²) in [4.78, 5) is 31.5. The van der Waals surface area contributed by atoms with Crippen LogP contribution in [0.3, 0.4) is 0 Å². The van der Waals surface area contributed by atoms with E-state index in [0.717, 1.165) is 68.9 Å². The molecule has 2 amide bonds. The van der Waals surface area contributed by atoms with E-state index < -0.39 is 0 Å². The second kappa shape index (κ2) is 10.6. The first-order valence-electron chi connectivity index (χ1n) is 13.5. The number of rotatable bonds is 5. The Morgan fingerprint density at radius 2 is 1.50 bits per heavy atom. The maximum Gasteiger partial charge on any atom is 0.330 e. The van der Waals surface area contributed by atoms with Crippen LogP contribution in [-0.4, -0.2) is 71.1 Å². The van der Waals surface area contributed by atoms with Gasteiger partial charge in [-0.3, -0.25) is 14.7 Å². The Labute approximate surface area is 223 Å². The number of nitrogen functional groups attached to an aromatic ring is 1. The Bertz CT molecular complexity index is 1250. The number of hydrogen-bond acceptors (Lipinski definition) is 7. The lowest BCUT2D eigenvalue weighted by Crippen LogP contribution is -2.55. The molecule has 1 saturated carbocycles. The quantitative estimate of drug-likeness (QED) is 0.542. The summed E-state index contributed by atoms with van der Waals surface area (Å²) in [6.45, 7) is 4.83. The Morgan fingerprint density at radius 1 is 0.842 bits per heavy atom. The van der Waals surface area contributed by atoms with E-state index in [9.17, 15) is 4.79 Å². The maximum absolute atomic E-state index is 14.0. The van der Waals surface area contributed by atoms with Crippen LogP contribution in [0.4, 0.5) is 22.1 Å². The number of carbonyl (C=O) groups is 1. The largest absolute Gasteiger partial charge is 0.457 e. The van der Waals surface area contributed by atoms with Gasteiger partial charge in [-0.15, -0.1) is 0 Å². The van der Waals surface area contributed by atoms with Crippen LogP contribution >= 0.6 is 0 Å². The molecular formula is C29H35N7O2. The summed E-state index contributed by atoms with van der Waals surface area (Å²) in [5.41, 5.74) is 7.91. The number of carbonyl (C=O) groups excluding carboxylic acids is 1. The van der Waals surface area contributed by atoms with E-state index in [-0.39, 0.29) is 12.1 Å². The third-order valence-corrected chi connectivity index (χ3v) is 8.15. The van der Waals surface area contributed by atoms with Gasteiger partial charge in [-0.2, -0.15) is 0 Å². The number of urea groups is 1. The number of benzene rings is 2. The number of amides is 2. The molecule has 9 nitrogen and oxygen atoms in total. The van der Waals surface area contributed by atoms with Crippen molar-refractivity contribution in [3.8, 4) is 11.5 Å². The van der Waals surface area contributed by atoms with Gasteiger partial charge in [0.25, 0.3) is 0 Å². The molecule has 6 rings (SSSR count). The van der Waals surface area contributed by atoms with Gasteiger partial charge >= 0.3 is 6.03 Å². The topological polar surface area (TPSA) is 91.1 Å². The average Bonchev–Trinajstić information content (AvgIpc) is 2.95. The van der Waals surface area contributed by atoms with E-state index in [0.29, 0.717) is 30.0 Å². The van der Waals surface area contributed by atoms with E-state index in [1.165, 1.54) is 6.33 Å². The third-order valence-electron chi connectivity index (χ3n) is 8.15. The molecule has 1 saturated heterocycles. The number of fused-ring (bicyclic) bond motifs is 1. The van der Waals surface area contributed by atoms with Crippen LogP contribution in [0.2, 0.25) is 0 Å². The van der Waals surface area contributed by atoms with Crippen LogP contribution in [0.15, 0.2) is 60.9 Å². The molecule has 3 aromatic rings. The van der Waals surface area contributed by atoms with Gasteiger partial charge in [-0.05, 0) is 69.1 Å². The highest BCUT2D eigenvalue weighted by atomic mass is 16.5. The smallest absolute Gasteiger partial charge is 0.330 e. The predicted octanol–water partition coefficient (Wildman–Crippen LogP) is 4.36. The predicted molar refractivity (Wildman–Crippen MR) is 149 cm³/mol. The van der Waals surface area contributed by atoms with Crippen molar-refractivity contribution in [1.82, 2.24) is 19.8 Å². The minimum Gasteiger partial charge on any atom is -0.457 e. The molecule has 1 aliphatic carbocycles. The monoisotopic (exact) mass is 513 g/mol. The number of nitrogens with two attached hydrogens (primary N) is 1. The van der Waals surface area contributed by atoms with Crippen LogP contribution in [0.25, 0.3) is 0 Å². The lowest BCUT2D eigenvalue weighted by molar-refractivity contribution is 0.0878. The van der Waals surface area contributed by atoms with Crippen molar-refractivity contribution in [3.05, 3.63) is 66.5 Å². The minimum atomic E-state index is -0.0598. The summed E-state index contributed by atoms with van der Waals surface area (Å²) in [6, 6.07) is 17.9. The highest BCUT2D eigenvalue weighted by molar-refractivity contribution is 6.06. The van der Waals surface area contributed by atoms with E-state index in [2.05, 4.69) is 26.8 Å². The van der Waals surface area contributed by atoms with E-state index >= 15 is 0 Å². The standard InChI is InChI=1S/C29H35N7O2/c1-33-15-17-34(18-16-33)21-7-9-23(10-8-21)36-28-26(27(30)31-20-32-28)19-35(29(36)37)22-11-13-25(14-12-22)38-24-5-3-2-4-6-24/h2-6,11-14,20-21,23H,7-10,15-19H2,1H3,(H2,30,31,32). The van der Waals surface area contributed by atoms with Crippen molar-refractivity contribution in [2.24, 2.45) is 0 Å². The molecule has 2 aromatic carbocycles. The number of para-hydroxylation sites is 1. The van der Waals surface area contributed by atoms with Crippen LogP contribution in [0.5, 0.6) is 11.5 Å². The van der Waals surface area contributed by atoms with Crippen molar-refractivity contribution >= 4 is 23.4 Å². The molecule has 3 aliphatic rings. The molecule has 2 fully saturated rings. The van der Waals surface area contributed by atoms with Gasteiger partial charge in [0.2, 0.25) is 0 Å². The molecule has 0 bridgehead atoms. The molecule has 3 heterocycles. The summed E-state index contributed by atoms with van der Waals surface area (Å²) >= 11 is 0. The second-order valence-electron chi connectivity index (χ2n) is 10.5. The summed E-state index contributed by atoms with van der Waals surface area (Å²) < 4.78 is 5.94. The number of ether oxygens (including phenoxy) is 1. The van der Waals surface area contributed by atoms with Crippen molar-refractivity contribution in [3.63, 3.8) is 0 Å². The third kappa shape index (κ3) is 4.91. The van der Waals surface area contributed by atoms with Gasteiger partial charge < -0.3 is 15.4 Å². The molecule has 38 heavy (non-hydrogen) atoms. The Morgan fingerprint density at radius 3 is 2.21 bits per heavy atom. The molecule has 2 N–H and O–H groups in total. The lowest BCUT2D eigenvalue weighted by atomic mass is 9.88. The Kier molecular flexibility index (Phi) is 6.86. The second-order valence-corrected chi connectivity index (χ2v) is 10.5. The molecule has 0 unspecified atom stereocenters. The number of anilines is 3. The molecule has 0 radical (unpaired) electrons. The number of hydrogen-bond donors (Lipinski definition) is 1. The zero-order valence-electron chi connectivity index (χ0n) is 21.9. The van der Waals surface area contributed by atoms with Crippen molar-refractivity contribution < 1.29 is 9.53 Å². The van der Waals surface area contributed by atoms with Gasteiger partial charge in [0.05, 0.1) is 12.1 Å². The molecular weight excluding hydrogens is 478 g/mol. The molecule has 0 atom stereocenters. The molecule has 9 heteroatoms. The summed E-state index contributed by atoms with van der Waals surface area (Å²) in [7, 11) is 2.19.